The zero-order chi connectivity index (χ0) is 18.4. The van der Waals surface area contributed by atoms with Crippen LogP contribution in [0.1, 0.15) is 12.8 Å². The standard InChI is InChI=1S/C20H22N2O4/c1-22-16-10-5-6-11-17(16)26-18(20(22)24)14-21-19(23)12-7-13-25-15-8-3-2-4-9-15/h2-6,8-11,18H,7,12-14H2,1H3,(H,21,23). The summed E-state index contributed by atoms with van der Waals surface area (Å²) < 4.78 is 11.3. The molecule has 0 spiro atoms. The molecule has 0 aliphatic carbocycles. The molecule has 0 saturated heterocycles. The molecule has 1 heterocycles. The fourth-order valence-electron chi connectivity index (χ4n) is 2.74. The Labute approximate surface area is 152 Å². The molecule has 1 atom stereocenters. The Hall–Kier alpha value is -3.02. The Kier molecular flexibility index (Phi) is 5.73. The van der Waals surface area contributed by atoms with Crippen LogP contribution >= 0.6 is 0 Å². The van der Waals surface area contributed by atoms with Crippen LogP contribution in [-0.4, -0.2) is 38.1 Å². The molecule has 0 bridgehead atoms. The molecule has 1 aliphatic heterocycles. The van der Waals surface area contributed by atoms with Crippen molar-refractivity contribution in [3.8, 4) is 11.5 Å². The summed E-state index contributed by atoms with van der Waals surface area (Å²) in [6.45, 7) is 0.613. The van der Waals surface area contributed by atoms with Crippen molar-refractivity contribution in [2.75, 3.05) is 25.1 Å². The van der Waals surface area contributed by atoms with E-state index in [-0.39, 0.29) is 18.4 Å². The SMILES string of the molecule is CN1C(=O)C(CNC(=O)CCCOc2ccccc2)Oc2ccccc21. The van der Waals surface area contributed by atoms with Gasteiger partial charge in [-0.25, -0.2) is 0 Å². The minimum Gasteiger partial charge on any atom is -0.494 e. The van der Waals surface area contributed by atoms with Gasteiger partial charge in [0.15, 0.2) is 6.10 Å². The van der Waals surface area contributed by atoms with Crippen molar-refractivity contribution in [3.63, 3.8) is 0 Å². The normalized spacial score (nSPS) is 15.8. The highest BCUT2D eigenvalue weighted by molar-refractivity contribution is 5.99. The van der Waals surface area contributed by atoms with E-state index < -0.39 is 6.10 Å². The zero-order valence-corrected chi connectivity index (χ0v) is 14.7. The second-order valence-electron chi connectivity index (χ2n) is 6.04. The van der Waals surface area contributed by atoms with Crippen LogP contribution in [0.25, 0.3) is 0 Å². The molecule has 3 rings (SSSR count). The van der Waals surface area contributed by atoms with Crippen molar-refractivity contribution in [2.45, 2.75) is 18.9 Å². The van der Waals surface area contributed by atoms with Gasteiger partial charge in [-0.2, -0.15) is 0 Å². The van der Waals surface area contributed by atoms with Gasteiger partial charge in [0, 0.05) is 13.5 Å². The monoisotopic (exact) mass is 354 g/mol. The Morgan fingerprint density at radius 1 is 1.15 bits per heavy atom. The summed E-state index contributed by atoms with van der Waals surface area (Å²) in [5, 5.41) is 2.77. The van der Waals surface area contributed by atoms with E-state index in [0.717, 1.165) is 11.4 Å². The maximum atomic E-state index is 12.3. The average Bonchev–Trinajstić information content (AvgIpc) is 2.68. The predicted molar refractivity (Wildman–Crippen MR) is 98.4 cm³/mol. The third-order valence-corrected chi connectivity index (χ3v) is 4.15. The van der Waals surface area contributed by atoms with Crippen LogP contribution in [0.4, 0.5) is 5.69 Å². The van der Waals surface area contributed by atoms with Gasteiger partial charge in [0.1, 0.15) is 11.5 Å². The minimum atomic E-state index is -0.709. The summed E-state index contributed by atoms with van der Waals surface area (Å²) in [5.74, 6) is 1.14. The Morgan fingerprint density at radius 2 is 1.88 bits per heavy atom. The van der Waals surface area contributed by atoms with Gasteiger partial charge in [-0.1, -0.05) is 30.3 Å². The number of likely N-dealkylation sites (N-methyl/N-ethyl adjacent to an activating group) is 1. The Bertz CT molecular complexity index is 763. The fourth-order valence-corrected chi connectivity index (χ4v) is 2.74. The summed E-state index contributed by atoms with van der Waals surface area (Å²) in [6.07, 6.45) is 0.225. The van der Waals surface area contributed by atoms with E-state index in [2.05, 4.69) is 5.32 Å². The van der Waals surface area contributed by atoms with Crippen molar-refractivity contribution in [2.24, 2.45) is 0 Å². The number of amides is 2. The first-order valence-corrected chi connectivity index (χ1v) is 8.63. The van der Waals surface area contributed by atoms with Crippen LogP contribution in [0.2, 0.25) is 0 Å². The topological polar surface area (TPSA) is 67.9 Å². The smallest absolute Gasteiger partial charge is 0.269 e. The van der Waals surface area contributed by atoms with Crippen molar-refractivity contribution in [3.05, 3.63) is 54.6 Å². The van der Waals surface area contributed by atoms with Crippen molar-refractivity contribution >= 4 is 17.5 Å². The highest BCUT2D eigenvalue weighted by Crippen LogP contribution is 2.32. The lowest BCUT2D eigenvalue weighted by molar-refractivity contribution is -0.127. The van der Waals surface area contributed by atoms with E-state index in [4.69, 9.17) is 9.47 Å². The number of nitrogens with one attached hydrogen (secondary N) is 1. The lowest BCUT2D eigenvalue weighted by atomic mass is 10.2. The predicted octanol–water partition coefficient (Wildman–Crippen LogP) is 2.39. The molecular weight excluding hydrogens is 332 g/mol. The molecule has 1 aliphatic rings. The number of hydrogen-bond acceptors (Lipinski definition) is 4. The molecule has 0 fully saturated rings. The average molecular weight is 354 g/mol. The number of anilines is 1. The summed E-state index contributed by atoms with van der Waals surface area (Å²) in [4.78, 5) is 25.9. The van der Waals surface area contributed by atoms with Crippen LogP contribution in [-0.2, 0) is 9.59 Å². The van der Waals surface area contributed by atoms with Crippen LogP contribution < -0.4 is 19.7 Å². The second kappa shape index (κ2) is 8.38. The Balaban J connectivity index is 1.41. The second-order valence-corrected chi connectivity index (χ2v) is 6.04. The van der Waals surface area contributed by atoms with Crippen molar-refractivity contribution in [1.29, 1.82) is 0 Å². The maximum absolute atomic E-state index is 12.3. The number of benzene rings is 2. The number of para-hydroxylation sites is 3. The van der Waals surface area contributed by atoms with Crippen LogP contribution in [0.15, 0.2) is 54.6 Å². The number of hydrogen-bond donors (Lipinski definition) is 1. The number of carbonyl (C=O) groups is 2. The summed E-state index contributed by atoms with van der Waals surface area (Å²) in [6, 6.07) is 16.8. The molecule has 0 saturated carbocycles. The molecule has 136 valence electrons. The molecule has 0 aromatic heterocycles. The molecule has 0 radical (unpaired) electrons. The first kappa shape index (κ1) is 17.8. The summed E-state index contributed by atoms with van der Waals surface area (Å²) in [7, 11) is 1.71. The van der Waals surface area contributed by atoms with E-state index in [9.17, 15) is 9.59 Å². The fraction of sp³-hybridized carbons (Fsp3) is 0.300. The first-order chi connectivity index (χ1) is 12.6. The van der Waals surface area contributed by atoms with Gasteiger partial charge in [0.2, 0.25) is 5.91 Å². The maximum Gasteiger partial charge on any atom is 0.269 e. The van der Waals surface area contributed by atoms with Crippen LogP contribution in [0.5, 0.6) is 11.5 Å². The van der Waals surface area contributed by atoms with Gasteiger partial charge in [0.25, 0.3) is 5.91 Å². The highest BCUT2D eigenvalue weighted by Gasteiger charge is 2.32. The van der Waals surface area contributed by atoms with Gasteiger partial charge in [-0.3, -0.25) is 9.59 Å². The van der Waals surface area contributed by atoms with E-state index in [1.54, 1.807) is 11.9 Å². The Morgan fingerprint density at radius 3 is 2.69 bits per heavy atom. The van der Waals surface area contributed by atoms with Gasteiger partial charge in [0.05, 0.1) is 18.8 Å². The van der Waals surface area contributed by atoms with Gasteiger partial charge in [-0.05, 0) is 30.7 Å². The van der Waals surface area contributed by atoms with Crippen LogP contribution in [0, 0.1) is 0 Å². The number of nitrogens with zero attached hydrogens (tertiary/aromatic N) is 1. The number of rotatable bonds is 7. The molecular formula is C20H22N2O4. The third-order valence-electron chi connectivity index (χ3n) is 4.15. The van der Waals surface area contributed by atoms with E-state index in [0.29, 0.717) is 25.2 Å². The first-order valence-electron chi connectivity index (χ1n) is 8.63. The van der Waals surface area contributed by atoms with Gasteiger partial charge >= 0.3 is 0 Å². The molecule has 2 aromatic carbocycles. The number of ether oxygens (including phenoxy) is 2. The molecule has 2 amide bonds. The molecule has 2 aromatic rings. The molecule has 6 nitrogen and oxygen atoms in total. The third kappa shape index (κ3) is 4.33. The largest absolute Gasteiger partial charge is 0.494 e. The summed E-state index contributed by atoms with van der Waals surface area (Å²) in [5.41, 5.74) is 0.734. The lowest BCUT2D eigenvalue weighted by Gasteiger charge is -2.31. The number of fused-ring (bicyclic) bond motifs is 1. The molecule has 6 heteroatoms. The highest BCUT2D eigenvalue weighted by atomic mass is 16.5. The van der Waals surface area contributed by atoms with Gasteiger partial charge in [-0.15, -0.1) is 0 Å². The van der Waals surface area contributed by atoms with Gasteiger partial charge < -0.3 is 19.7 Å². The van der Waals surface area contributed by atoms with Crippen molar-refractivity contribution < 1.29 is 19.1 Å². The molecule has 26 heavy (non-hydrogen) atoms. The quantitative estimate of drug-likeness (QED) is 0.775. The lowest BCUT2D eigenvalue weighted by Crippen LogP contribution is -2.49. The molecule has 1 N–H and O–H groups in total. The minimum absolute atomic E-state index is 0.125. The van der Waals surface area contributed by atoms with Crippen molar-refractivity contribution in [1.82, 2.24) is 5.32 Å². The van der Waals surface area contributed by atoms with Crippen LogP contribution in [0.3, 0.4) is 0 Å². The van der Waals surface area contributed by atoms with E-state index in [1.807, 2.05) is 54.6 Å². The zero-order valence-electron chi connectivity index (χ0n) is 14.7. The molecule has 1 unspecified atom stereocenters. The van der Waals surface area contributed by atoms with E-state index >= 15 is 0 Å². The summed E-state index contributed by atoms with van der Waals surface area (Å²) >= 11 is 0. The van der Waals surface area contributed by atoms with E-state index in [1.165, 1.54) is 0 Å². The number of carbonyl (C=O) groups excluding carboxylic acids is 2.